The molecule has 1 aromatic heterocycles. The summed E-state index contributed by atoms with van der Waals surface area (Å²) in [5.41, 5.74) is 6.57. The molecule has 102 valence electrons. The van der Waals surface area contributed by atoms with E-state index in [-0.39, 0.29) is 12.5 Å². The molecular weight excluding hydrogens is 262 g/mol. The minimum Gasteiger partial charge on any atom is -0.396 e. The van der Waals surface area contributed by atoms with Gasteiger partial charge in [-0.15, -0.1) is 0 Å². The number of nitrogens with two attached hydrogens (primary N) is 1. The lowest BCUT2D eigenvalue weighted by molar-refractivity contribution is 0.0899. The summed E-state index contributed by atoms with van der Waals surface area (Å²) in [4.78, 5) is 16.3. The molecule has 0 aliphatic carbocycles. The Morgan fingerprint density at radius 2 is 2.26 bits per heavy atom. The Bertz CT molecular complexity index is 607. The SMILES string of the molecule is CC(C)(CCO)NC(=O)c1ccc2nc(N)sc2c1. The Balaban J connectivity index is 2.21. The number of nitrogens with one attached hydrogen (secondary N) is 1. The zero-order chi connectivity index (χ0) is 14.0. The van der Waals surface area contributed by atoms with Gasteiger partial charge >= 0.3 is 0 Å². The van der Waals surface area contributed by atoms with Crippen LogP contribution in [0.2, 0.25) is 0 Å². The highest BCUT2D eigenvalue weighted by Crippen LogP contribution is 2.24. The van der Waals surface area contributed by atoms with E-state index in [9.17, 15) is 4.79 Å². The van der Waals surface area contributed by atoms with Crippen LogP contribution in [0, 0.1) is 0 Å². The zero-order valence-electron chi connectivity index (χ0n) is 10.9. The lowest BCUT2D eigenvalue weighted by atomic mass is 10.0. The van der Waals surface area contributed by atoms with E-state index in [1.165, 1.54) is 11.3 Å². The second-order valence-corrected chi connectivity index (χ2v) is 6.11. The van der Waals surface area contributed by atoms with Gasteiger partial charge < -0.3 is 16.2 Å². The van der Waals surface area contributed by atoms with Crippen molar-refractivity contribution in [1.29, 1.82) is 0 Å². The third kappa shape index (κ3) is 3.21. The van der Waals surface area contributed by atoms with Gasteiger partial charge in [-0.25, -0.2) is 4.98 Å². The second-order valence-electron chi connectivity index (χ2n) is 5.05. The molecule has 0 unspecified atom stereocenters. The number of hydrogen-bond acceptors (Lipinski definition) is 5. The Kier molecular flexibility index (Phi) is 3.73. The van der Waals surface area contributed by atoms with Gasteiger partial charge in [0.05, 0.1) is 10.2 Å². The number of aliphatic hydroxyl groups excluding tert-OH is 1. The van der Waals surface area contributed by atoms with Crippen molar-refractivity contribution in [3.8, 4) is 0 Å². The number of benzene rings is 1. The number of fused-ring (bicyclic) bond motifs is 1. The Hall–Kier alpha value is -1.66. The van der Waals surface area contributed by atoms with E-state index in [0.717, 1.165) is 10.2 Å². The lowest BCUT2D eigenvalue weighted by Gasteiger charge is -2.25. The van der Waals surface area contributed by atoms with Crippen LogP contribution in [0.15, 0.2) is 18.2 Å². The number of hydrogen-bond donors (Lipinski definition) is 3. The van der Waals surface area contributed by atoms with Crippen LogP contribution < -0.4 is 11.1 Å². The maximum absolute atomic E-state index is 12.1. The number of carbonyl (C=O) groups excluding carboxylic acids is 1. The first-order chi connectivity index (χ1) is 8.91. The predicted molar refractivity (Wildman–Crippen MR) is 77.3 cm³/mol. The fourth-order valence-electron chi connectivity index (χ4n) is 1.81. The third-order valence-corrected chi connectivity index (χ3v) is 3.70. The van der Waals surface area contributed by atoms with Crippen molar-refractivity contribution in [3.05, 3.63) is 23.8 Å². The number of aliphatic hydroxyl groups is 1. The summed E-state index contributed by atoms with van der Waals surface area (Å²) in [6.07, 6.45) is 0.508. The van der Waals surface area contributed by atoms with E-state index < -0.39 is 5.54 Å². The molecule has 4 N–H and O–H groups in total. The summed E-state index contributed by atoms with van der Waals surface area (Å²) in [5, 5.41) is 12.4. The molecule has 0 saturated carbocycles. The molecule has 2 aromatic rings. The first-order valence-corrected chi connectivity index (χ1v) is 6.82. The second kappa shape index (κ2) is 5.14. The number of carbonyl (C=O) groups is 1. The molecule has 0 aliphatic rings. The Morgan fingerprint density at radius 1 is 1.53 bits per heavy atom. The highest BCUT2D eigenvalue weighted by molar-refractivity contribution is 7.22. The molecule has 5 nitrogen and oxygen atoms in total. The van der Waals surface area contributed by atoms with E-state index in [0.29, 0.717) is 17.1 Å². The highest BCUT2D eigenvalue weighted by Gasteiger charge is 2.20. The van der Waals surface area contributed by atoms with E-state index in [1.54, 1.807) is 18.2 Å². The molecule has 19 heavy (non-hydrogen) atoms. The molecule has 0 spiro atoms. The molecule has 2 rings (SSSR count). The van der Waals surface area contributed by atoms with Gasteiger partial charge in [0.15, 0.2) is 5.13 Å². The zero-order valence-corrected chi connectivity index (χ0v) is 11.8. The van der Waals surface area contributed by atoms with Crippen LogP contribution in [0.4, 0.5) is 5.13 Å². The molecule has 6 heteroatoms. The topological polar surface area (TPSA) is 88.2 Å². The van der Waals surface area contributed by atoms with E-state index in [4.69, 9.17) is 10.8 Å². The number of rotatable bonds is 4. The maximum Gasteiger partial charge on any atom is 0.251 e. The monoisotopic (exact) mass is 279 g/mol. The van der Waals surface area contributed by atoms with Crippen LogP contribution in [0.25, 0.3) is 10.2 Å². The molecule has 0 aliphatic heterocycles. The molecule has 1 aromatic carbocycles. The van der Waals surface area contributed by atoms with Crippen molar-refractivity contribution in [2.24, 2.45) is 0 Å². The van der Waals surface area contributed by atoms with Crippen LogP contribution >= 0.6 is 11.3 Å². The highest BCUT2D eigenvalue weighted by atomic mass is 32.1. The maximum atomic E-state index is 12.1. The van der Waals surface area contributed by atoms with Crippen molar-refractivity contribution in [3.63, 3.8) is 0 Å². The Labute approximate surface area is 115 Å². The van der Waals surface area contributed by atoms with Crippen molar-refractivity contribution in [2.75, 3.05) is 12.3 Å². The number of thiazole rings is 1. The molecule has 0 fully saturated rings. The van der Waals surface area contributed by atoms with Gasteiger partial charge in [-0.3, -0.25) is 4.79 Å². The quantitative estimate of drug-likeness (QED) is 0.796. The van der Waals surface area contributed by atoms with E-state index in [1.807, 2.05) is 13.8 Å². The van der Waals surface area contributed by atoms with E-state index in [2.05, 4.69) is 10.3 Å². The number of amides is 1. The van der Waals surface area contributed by atoms with Crippen molar-refractivity contribution in [2.45, 2.75) is 25.8 Å². The van der Waals surface area contributed by atoms with Gasteiger partial charge in [0.2, 0.25) is 0 Å². The van der Waals surface area contributed by atoms with E-state index >= 15 is 0 Å². The average molecular weight is 279 g/mol. The van der Waals surface area contributed by atoms with Gasteiger partial charge in [0.25, 0.3) is 5.91 Å². The number of nitrogens with zero attached hydrogens (tertiary/aromatic N) is 1. The van der Waals surface area contributed by atoms with Crippen LogP contribution in [0.1, 0.15) is 30.6 Å². The smallest absolute Gasteiger partial charge is 0.251 e. The molecule has 1 amide bonds. The van der Waals surface area contributed by atoms with Gasteiger partial charge in [0, 0.05) is 17.7 Å². The van der Waals surface area contributed by atoms with Crippen LogP contribution in [0.5, 0.6) is 0 Å². The van der Waals surface area contributed by atoms with Crippen LogP contribution in [-0.2, 0) is 0 Å². The number of aromatic nitrogens is 1. The summed E-state index contributed by atoms with van der Waals surface area (Å²) in [7, 11) is 0. The van der Waals surface area contributed by atoms with Crippen molar-refractivity contribution < 1.29 is 9.90 Å². The molecule has 0 radical (unpaired) electrons. The molecule has 0 saturated heterocycles. The van der Waals surface area contributed by atoms with Crippen LogP contribution in [-0.4, -0.2) is 28.1 Å². The van der Waals surface area contributed by atoms with Crippen LogP contribution in [0.3, 0.4) is 0 Å². The summed E-state index contributed by atoms with van der Waals surface area (Å²) >= 11 is 1.36. The first kappa shape index (κ1) is 13.8. The fraction of sp³-hybridized carbons (Fsp3) is 0.385. The first-order valence-electron chi connectivity index (χ1n) is 6.01. The minimum absolute atomic E-state index is 0.0394. The predicted octanol–water partition coefficient (Wildman–Crippen LogP) is 1.77. The molecule has 1 heterocycles. The summed E-state index contributed by atoms with van der Waals surface area (Å²) in [6, 6.07) is 5.30. The van der Waals surface area contributed by atoms with Gasteiger partial charge in [-0.2, -0.15) is 0 Å². The lowest BCUT2D eigenvalue weighted by Crippen LogP contribution is -2.44. The largest absolute Gasteiger partial charge is 0.396 e. The fourth-order valence-corrected chi connectivity index (χ4v) is 2.58. The standard InChI is InChI=1S/C13H17N3O2S/c1-13(2,5-6-17)16-11(18)8-3-4-9-10(7-8)19-12(14)15-9/h3-4,7,17H,5-6H2,1-2H3,(H2,14,15)(H,16,18). The van der Waals surface area contributed by atoms with Gasteiger partial charge in [-0.1, -0.05) is 11.3 Å². The minimum atomic E-state index is -0.437. The molecule has 0 atom stereocenters. The molecule has 0 bridgehead atoms. The third-order valence-electron chi connectivity index (χ3n) is 2.86. The Morgan fingerprint density at radius 3 is 2.95 bits per heavy atom. The number of anilines is 1. The average Bonchev–Trinajstić information content (AvgIpc) is 2.66. The number of nitrogen functional groups attached to an aromatic ring is 1. The summed E-state index contributed by atoms with van der Waals surface area (Å²) < 4.78 is 0.894. The van der Waals surface area contributed by atoms with Crippen molar-refractivity contribution >= 4 is 32.6 Å². The summed E-state index contributed by atoms with van der Waals surface area (Å²) in [6.45, 7) is 3.80. The molecular formula is C13H17N3O2S. The van der Waals surface area contributed by atoms with Gasteiger partial charge in [-0.05, 0) is 38.5 Å². The normalized spacial score (nSPS) is 11.7. The van der Waals surface area contributed by atoms with Gasteiger partial charge in [0.1, 0.15) is 0 Å². The van der Waals surface area contributed by atoms with Crippen molar-refractivity contribution in [1.82, 2.24) is 10.3 Å². The summed E-state index contributed by atoms with van der Waals surface area (Å²) in [5.74, 6) is -0.160.